The van der Waals surface area contributed by atoms with E-state index in [1.54, 1.807) is 0 Å². The first-order valence-electron chi connectivity index (χ1n) is 9.61. The first kappa shape index (κ1) is 33.5. The minimum Gasteiger partial charge on any atom is -0.466 e. The quantitative estimate of drug-likeness (QED) is 0.124. The molecule has 7 nitrogen and oxygen atoms in total. The van der Waals surface area contributed by atoms with Crippen molar-refractivity contribution in [2.45, 2.75) is 89.7 Å². The van der Waals surface area contributed by atoms with Gasteiger partial charge >= 0.3 is 71.1 Å². The van der Waals surface area contributed by atoms with Crippen molar-refractivity contribution in [2.75, 3.05) is 13.2 Å². The Morgan fingerprint density at radius 3 is 1.71 bits per heavy atom. The third kappa shape index (κ3) is 18.9. The standard InChI is InChI=1S/C18H34O7S.2Na/c1-3-5-7-9-10-12-13-24-17(19)15-16(26(21,22)23)18(20)25-14-11-8-6-4-2;;/h16H,3-15H2,1-2H3,(H,21,22,23);;/q;2*+1. The normalized spacial score (nSPS) is 11.7. The summed E-state index contributed by atoms with van der Waals surface area (Å²) < 4.78 is 41.8. The largest absolute Gasteiger partial charge is 1.00 e. The molecule has 0 spiro atoms. The van der Waals surface area contributed by atoms with E-state index in [9.17, 15) is 22.6 Å². The average Bonchev–Trinajstić information content (AvgIpc) is 2.57. The molecule has 0 fully saturated rings. The molecule has 0 radical (unpaired) electrons. The second kappa shape index (κ2) is 21.1. The minimum absolute atomic E-state index is 0. The molecular formula is C18H34Na2O7S+2. The smallest absolute Gasteiger partial charge is 0.466 e. The molecule has 0 aromatic carbocycles. The zero-order chi connectivity index (χ0) is 19.8. The summed E-state index contributed by atoms with van der Waals surface area (Å²) in [7, 11) is -4.73. The van der Waals surface area contributed by atoms with Gasteiger partial charge in [-0.3, -0.25) is 14.1 Å². The van der Waals surface area contributed by atoms with E-state index < -0.39 is 33.7 Å². The number of unbranched alkanes of at least 4 members (excludes halogenated alkanes) is 8. The number of hydrogen-bond acceptors (Lipinski definition) is 6. The first-order valence-corrected chi connectivity index (χ1v) is 11.1. The van der Waals surface area contributed by atoms with E-state index in [0.29, 0.717) is 12.8 Å². The van der Waals surface area contributed by atoms with Crippen LogP contribution in [0.3, 0.4) is 0 Å². The molecule has 154 valence electrons. The van der Waals surface area contributed by atoms with Crippen molar-refractivity contribution in [3.05, 3.63) is 0 Å². The van der Waals surface area contributed by atoms with Crippen LogP contribution in [0.2, 0.25) is 0 Å². The van der Waals surface area contributed by atoms with Gasteiger partial charge < -0.3 is 9.47 Å². The van der Waals surface area contributed by atoms with Crippen LogP contribution in [0.15, 0.2) is 0 Å². The van der Waals surface area contributed by atoms with Crippen LogP contribution in [0.4, 0.5) is 0 Å². The fourth-order valence-corrected chi connectivity index (χ4v) is 3.04. The molecule has 0 amide bonds. The van der Waals surface area contributed by atoms with Crippen LogP contribution in [0.25, 0.3) is 0 Å². The number of carbonyl (C=O) groups excluding carboxylic acids is 2. The molecule has 1 N–H and O–H groups in total. The van der Waals surface area contributed by atoms with Crippen molar-refractivity contribution in [3.8, 4) is 0 Å². The summed E-state index contributed by atoms with van der Waals surface area (Å²) >= 11 is 0. The minimum atomic E-state index is -4.73. The Kier molecular flexibility index (Phi) is 25.2. The Morgan fingerprint density at radius 1 is 0.786 bits per heavy atom. The second-order valence-corrected chi connectivity index (χ2v) is 8.02. The molecule has 0 aliphatic rings. The van der Waals surface area contributed by atoms with Crippen LogP contribution >= 0.6 is 0 Å². The summed E-state index contributed by atoms with van der Waals surface area (Å²) in [6.45, 7) is 4.41. The zero-order valence-electron chi connectivity index (χ0n) is 18.1. The van der Waals surface area contributed by atoms with Gasteiger partial charge in [0.25, 0.3) is 10.1 Å². The summed E-state index contributed by atoms with van der Waals surface area (Å²) in [6.07, 6.45) is 8.89. The summed E-state index contributed by atoms with van der Waals surface area (Å²) in [5.41, 5.74) is 0. The molecule has 28 heavy (non-hydrogen) atoms. The van der Waals surface area contributed by atoms with Gasteiger partial charge in [-0.25, -0.2) is 0 Å². The van der Waals surface area contributed by atoms with Crippen molar-refractivity contribution < 1.29 is 91.1 Å². The topological polar surface area (TPSA) is 107 Å². The van der Waals surface area contributed by atoms with Crippen molar-refractivity contribution in [1.82, 2.24) is 0 Å². The van der Waals surface area contributed by atoms with Gasteiger partial charge in [0.05, 0.1) is 19.6 Å². The molecule has 0 saturated heterocycles. The molecular weight excluding hydrogens is 406 g/mol. The molecule has 0 aliphatic carbocycles. The van der Waals surface area contributed by atoms with E-state index in [-0.39, 0.29) is 72.3 Å². The average molecular weight is 441 g/mol. The van der Waals surface area contributed by atoms with Crippen LogP contribution in [0.5, 0.6) is 0 Å². The zero-order valence-corrected chi connectivity index (χ0v) is 22.9. The van der Waals surface area contributed by atoms with Crippen molar-refractivity contribution >= 4 is 22.1 Å². The third-order valence-electron chi connectivity index (χ3n) is 3.98. The molecule has 0 saturated carbocycles. The van der Waals surface area contributed by atoms with Crippen molar-refractivity contribution in [1.29, 1.82) is 0 Å². The van der Waals surface area contributed by atoms with Crippen molar-refractivity contribution in [2.24, 2.45) is 0 Å². The summed E-state index contributed by atoms with van der Waals surface area (Å²) in [4.78, 5) is 23.6. The van der Waals surface area contributed by atoms with E-state index in [1.807, 2.05) is 6.92 Å². The molecule has 0 aromatic heterocycles. The molecule has 0 rings (SSSR count). The van der Waals surface area contributed by atoms with Crippen LogP contribution in [-0.2, 0) is 29.2 Å². The van der Waals surface area contributed by atoms with E-state index in [1.165, 1.54) is 6.42 Å². The van der Waals surface area contributed by atoms with Gasteiger partial charge in [0.15, 0.2) is 5.25 Å². The van der Waals surface area contributed by atoms with E-state index >= 15 is 0 Å². The molecule has 1 atom stereocenters. The molecule has 0 aliphatic heterocycles. The monoisotopic (exact) mass is 440 g/mol. The Morgan fingerprint density at radius 2 is 1.21 bits per heavy atom. The second-order valence-electron chi connectivity index (χ2n) is 6.42. The van der Waals surface area contributed by atoms with Gasteiger partial charge in [0, 0.05) is 0 Å². The molecule has 0 bridgehead atoms. The summed E-state index contributed by atoms with van der Waals surface area (Å²) in [5.74, 6) is -1.94. The fraction of sp³-hybridized carbons (Fsp3) is 0.889. The number of esters is 2. The maximum absolute atomic E-state index is 11.9. The predicted octanol–water partition coefficient (Wildman–Crippen LogP) is -2.33. The molecule has 0 heterocycles. The number of hydrogen-bond donors (Lipinski definition) is 1. The Balaban J connectivity index is -0.00000312. The number of carbonyl (C=O) groups is 2. The Labute approximate surface area is 214 Å². The maximum Gasteiger partial charge on any atom is 1.00 e. The van der Waals surface area contributed by atoms with Gasteiger partial charge in [-0.15, -0.1) is 0 Å². The van der Waals surface area contributed by atoms with Crippen molar-refractivity contribution in [3.63, 3.8) is 0 Å². The summed E-state index contributed by atoms with van der Waals surface area (Å²) in [6, 6.07) is 0. The van der Waals surface area contributed by atoms with Gasteiger partial charge in [-0.1, -0.05) is 65.2 Å². The Bertz CT molecular complexity index is 498. The van der Waals surface area contributed by atoms with Gasteiger partial charge in [0.1, 0.15) is 0 Å². The first-order chi connectivity index (χ1) is 12.3. The SMILES string of the molecule is CCCCCCCCOC(=O)CC(C(=O)OCCCCCC)S(=O)(=O)O.[Na+].[Na+]. The van der Waals surface area contributed by atoms with Crippen LogP contribution in [-0.4, -0.2) is 43.4 Å². The third-order valence-corrected chi connectivity index (χ3v) is 5.06. The van der Waals surface area contributed by atoms with Gasteiger partial charge in [-0.05, 0) is 12.8 Å². The van der Waals surface area contributed by atoms with Crippen LogP contribution in [0, 0.1) is 0 Å². The van der Waals surface area contributed by atoms with E-state index in [2.05, 4.69) is 6.92 Å². The van der Waals surface area contributed by atoms with Gasteiger partial charge in [0.2, 0.25) is 0 Å². The maximum atomic E-state index is 11.9. The fourth-order valence-electron chi connectivity index (χ4n) is 2.38. The molecule has 1 unspecified atom stereocenters. The van der Waals surface area contributed by atoms with Crippen LogP contribution in [0.1, 0.15) is 84.5 Å². The van der Waals surface area contributed by atoms with Gasteiger partial charge in [-0.2, -0.15) is 8.42 Å². The molecule has 0 aromatic rings. The molecule has 10 heteroatoms. The van der Waals surface area contributed by atoms with E-state index in [0.717, 1.165) is 44.9 Å². The van der Waals surface area contributed by atoms with E-state index in [4.69, 9.17) is 9.47 Å². The predicted molar refractivity (Wildman–Crippen MR) is 99.4 cm³/mol. The number of rotatable bonds is 16. The number of ether oxygens (including phenoxy) is 2. The van der Waals surface area contributed by atoms with Crippen LogP contribution < -0.4 is 59.1 Å². The Hall–Kier alpha value is 0.850. The summed E-state index contributed by atoms with van der Waals surface area (Å²) in [5, 5.41) is -1.93.